The molecule has 0 radical (unpaired) electrons. The zero-order valence-electron chi connectivity index (χ0n) is 10.2. The van der Waals surface area contributed by atoms with E-state index in [4.69, 9.17) is 4.42 Å². The third-order valence-corrected chi connectivity index (χ3v) is 2.21. The fourth-order valence-corrected chi connectivity index (χ4v) is 1.49. The number of hydrogen-bond acceptors (Lipinski definition) is 4. The van der Waals surface area contributed by atoms with Crippen molar-refractivity contribution < 1.29 is 65.7 Å². The standard InChI is InChI=1S/C13H11NO3.K/c1-9-13(10-5-3-2-4-6-10)17-11(14-9)7-8-12(15)16;/h2-8H,1H3,(H,15,16);/q;+1/p-1/b8-7+;. The van der Waals surface area contributed by atoms with Gasteiger partial charge in [0.2, 0.25) is 5.89 Å². The number of carbonyl (C=O) groups excluding carboxylic acids is 1. The Morgan fingerprint density at radius 3 is 2.61 bits per heavy atom. The smallest absolute Gasteiger partial charge is 0.545 e. The molecule has 0 saturated heterocycles. The van der Waals surface area contributed by atoms with Gasteiger partial charge < -0.3 is 14.3 Å². The summed E-state index contributed by atoms with van der Waals surface area (Å²) in [6.07, 6.45) is 2.16. The van der Waals surface area contributed by atoms with Crippen molar-refractivity contribution in [3.63, 3.8) is 0 Å². The maximum Gasteiger partial charge on any atom is 1.00 e. The van der Waals surface area contributed by atoms with Gasteiger partial charge in [-0.25, -0.2) is 4.98 Å². The van der Waals surface area contributed by atoms with Gasteiger partial charge in [-0.1, -0.05) is 30.3 Å². The number of aliphatic carboxylic acids is 1. The van der Waals surface area contributed by atoms with Gasteiger partial charge in [0.25, 0.3) is 0 Å². The Morgan fingerprint density at radius 2 is 2.00 bits per heavy atom. The van der Waals surface area contributed by atoms with Crippen LogP contribution in [0.5, 0.6) is 0 Å². The molecule has 0 bridgehead atoms. The molecule has 4 nitrogen and oxygen atoms in total. The third kappa shape index (κ3) is 3.89. The van der Waals surface area contributed by atoms with E-state index in [1.54, 1.807) is 0 Å². The third-order valence-electron chi connectivity index (χ3n) is 2.21. The number of carbonyl (C=O) groups is 1. The number of aromatic nitrogens is 1. The van der Waals surface area contributed by atoms with Gasteiger partial charge >= 0.3 is 51.4 Å². The van der Waals surface area contributed by atoms with E-state index in [0.29, 0.717) is 11.5 Å². The van der Waals surface area contributed by atoms with Gasteiger partial charge in [-0.15, -0.1) is 0 Å². The fraction of sp³-hybridized carbons (Fsp3) is 0.0769. The molecule has 0 N–H and O–H groups in total. The summed E-state index contributed by atoms with van der Waals surface area (Å²) in [6.45, 7) is 1.81. The molecule has 0 aliphatic carbocycles. The molecule has 0 saturated carbocycles. The first-order valence-corrected chi connectivity index (χ1v) is 5.09. The molecule has 1 aromatic heterocycles. The van der Waals surface area contributed by atoms with Crippen molar-refractivity contribution in [3.05, 3.63) is 48.0 Å². The summed E-state index contributed by atoms with van der Waals surface area (Å²) in [6, 6.07) is 9.51. The molecular weight excluding hydrogens is 257 g/mol. The van der Waals surface area contributed by atoms with Gasteiger partial charge in [-0.3, -0.25) is 0 Å². The van der Waals surface area contributed by atoms with Crippen LogP contribution >= 0.6 is 0 Å². The minimum absolute atomic E-state index is 0. The monoisotopic (exact) mass is 267 g/mol. The summed E-state index contributed by atoms with van der Waals surface area (Å²) in [5, 5.41) is 10.3. The molecule has 1 heterocycles. The number of aryl methyl sites for hydroxylation is 1. The zero-order valence-corrected chi connectivity index (χ0v) is 13.3. The first-order valence-electron chi connectivity index (χ1n) is 5.09. The van der Waals surface area contributed by atoms with Crippen LogP contribution in [0.2, 0.25) is 0 Å². The number of rotatable bonds is 3. The Bertz CT molecular complexity index is 561. The van der Waals surface area contributed by atoms with Gasteiger partial charge in [-0.2, -0.15) is 0 Å². The molecule has 0 fully saturated rings. The number of benzene rings is 1. The molecule has 86 valence electrons. The van der Waals surface area contributed by atoms with Crippen molar-refractivity contribution in [2.24, 2.45) is 0 Å². The first kappa shape index (κ1) is 15.3. The van der Waals surface area contributed by atoms with Gasteiger partial charge in [-0.05, 0) is 13.0 Å². The van der Waals surface area contributed by atoms with Crippen LogP contribution in [0.3, 0.4) is 0 Å². The van der Waals surface area contributed by atoms with Crippen molar-refractivity contribution in [2.45, 2.75) is 6.92 Å². The Balaban J connectivity index is 0.00000162. The predicted octanol–water partition coefficient (Wildman–Crippen LogP) is -1.58. The van der Waals surface area contributed by atoms with E-state index in [-0.39, 0.29) is 57.3 Å². The second kappa shape index (κ2) is 7.01. The molecule has 0 amide bonds. The van der Waals surface area contributed by atoms with E-state index >= 15 is 0 Å². The maximum atomic E-state index is 10.3. The van der Waals surface area contributed by atoms with Crippen LogP contribution in [0.25, 0.3) is 17.4 Å². The van der Waals surface area contributed by atoms with E-state index in [1.165, 1.54) is 6.08 Å². The molecule has 2 rings (SSSR count). The second-order valence-corrected chi connectivity index (χ2v) is 3.49. The SMILES string of the molecule is Cc1nc(/C=C/C(=O)[O-])oc1-c1ccccc1.[K+]. The Labute approximate surface area is 147 Å². The van der Waals surface area contributed by atoms with Crippen LogP contribution in [-0.2, 0) is 4.79 Å². The fourth-order valence-electron chi connectivity index (χ4n) is 1.49. The summed E-state index contributed by atoms with van der Waals surface area (Å²) >= 11 is 0. The number of oxazole rings is 1. The molecule has 2 aromatic rings. The van der Waals surface area contributed by atoms with Gasteiger partial charge in [0.1, 0.15) is 0 Å². The largest absolute Gasteiger partial charge is 1.00 e. The molecular formula is C13H10KNO3. The molecule has 18 heavy (non-hydrogen) atoms. The van der Waals surface area contributed by atoms with Gasteiger partial charge in [0.05, 0.1) is 11.7 Å². The predicted molar refractivity (Wildman–Crippen MR) is 60.7 cm³/mol. The molecule has 0 spiro atoms. The van der Waals surface area contributed by atoms with Crippen molar-refractivity contribution in [2.75, 3.05) is 0 Å². The van der Waals surface area contributed by atoms with Crippen molar-refractivity contribution in [3.8, 4) is 11.3 Å². The van der Waals surface area contributed by atoms with E-state index in [0.717, 1.165) is 11.6 Å². The minimum atomic E-state index is -1.28. The van der Waals surface area contributed by atoms with Crippen molar-refractivity contribution in [1.29, 1.82) is 0 Å². The number of nitrogens with zero attached hydrogens (tertiary/aromatic N) is 1. The van der Waals surface area contributed by atoms with Crippen molar-refractivity contribution in [1.82, 2.24) is 4.98 Å². The Hall–Kier alpha value is -0.724. The van der Waals surface area contributed by atoms with Gasteiger partial charge in [0.15, 0.2) is 5.76 Å². The quantitative estimate of drug-likeness (QED) is 0.497. The maximum absolute atomic E-state index is 10.3. The average molecular weight is 267 g/mol. The summed E-state index contributed by atoms with van der Waals surface area (Å²) < 4.78 is 5.46. The van der Waals surface area contributed by atoms with E-state index in [9.17, 15) is 9.90 Å². The molecule has 0 atom stereocenters. The molecule has 1 aromatic carbocycles. The zero-order chi connectivity index (χ0) is 12.3. The Morgan fingerprint density at radius 1 is 1.33 bits per heavy atom. The second-order valence-electron chi connectivity index (χ2n) is 3.49. The van der Waals surface area contributed by atoms with Crippen molar-refractivity contribution >= 4 is 12.0 Å². The van der Waals surface area contributed by atoms with Crippen LogP contribution in [-0.4, -0.2) is 11.0 Å². The Kier molecular flexibility index (Phi) is 5.97. The van der Waals surface area contributed by atoms with Gasteiger partial charge in [0, 0.05) is 11.6 Å². The van der Waals surface area contributed by atoms with Crippen LogP contribution in [0, 0.1) is 6.92 Å². The van der Waals surface area contributed by atoms with Crippen LogP contribution in [0.1, 0.15) is 11.6 Å². The van der Waals surface area contributed by atoms with E-state index in [2.05, 4.69) is 4.98 Å². The summed E-state index contributed by atoms with van der Waals surface area (Å²) in [4.78, 5) is 14.4. The molecule has 0 aliphatic rings. The van der Waals surface area contributed by atoms with Crippen LogP contribution in [0.4, 0.5) is 0 Å². The molecule has 0 unspecified atom stereocenters. The molecule has 5 heteroatoms. The molecule has 0 aliphatic heterocycles. The topological polar surface area (TPSA) is 66.2 Å². The summed E-state index contributed by atoms with van der Waals surface area (Å²) in [5.74, 6) is -0.378. The average Bonchev–Trinajstić information content (AvgIpc) is 2.69. The number of hydrogen-bond donors (Lipinski definition) is 0. The summed E-state index contributed by atoms with van der Waals surface area (Å²) in [5.41, 5.74) is 1.62. The summed E-state index contributed by atoms with van der Waals surface area (Å²) in [7, 11) is 0. The normalized spacial score (nSPS) is 10.3. The minimum Gasteiger partial charge on any atom is -0.545 e. The van der Waals surface area contributed by atoms with E-state index in [1.807, 2.05) is 37.3 Å². The number of carboxylic acid groups (broad SMARTS) is 1. The van der Waals surface area contributed by atoms with Crippen LogP contribution in [0.15, 0.2) is 40.8 Å². The number of carboxylic acids is 1. The first-order chi connectivity index (χ1) is 8.16. The van der Waals surface area contributed by atoms with Crippen LogP contribution < -0.4 is 56.5 Å². The van der Waals surface area contributed by atoms with E-state index < -0.39 is 5.97 Å².